The van der Waals surface area contributed by atoms with Crippen LogP contribution in [0.5, 0.6) is 0 Å². The van der Waals surface area contributed by atoms with E-state index in [-0.39, 0.29) is 10.8 Å². The fraction of sp³-hybridized carbons (Fsp3) is 0.562. The maximum absolute atomic E-state index is 12.3. The van der Waals surface area contributed by atoms with Gasteiger partial charge in [0.1, 0.15) is 0 Å². The number of sulfonamides is 1. The fourth-order valence-electron chi connectivity index (χ4n) is 2.05. The van der Waals surface area contributed by atoms with Crippen molar-refractivity contribution in [1.29, 1.82) is 0 Å². The number of hydrogen-bond donors (Lipinski definition) is 3. The lowest BCUT2D eigenvalue weighted by atomic mass is 10.0. The van der Waals surface area contributed by atoms with E-state index >= 15 is 0 Å². The Morgan fingerprint density at radius 2 is 1.87 bits per heavy atom. The minimum atomic E-state index is -3.65. The van der Waals surface area contributed by atoms with Gasteiger partial charge >= 0.3 is 0 Å². The van der Waals surface area contributed by atoms with Crippen LogP contribution < -0.4 is 15.8 Å². The van der Waals surface area contributed by atoms with Crippen molar-refractivity contribution in [2.45, 2.75) is 57.5 Å². The number of rotatable bonds is 6. The van der Waals surface area contributed by atoms with Gasteiger partial charge in [0.15, 0.2) is 0 Å². The van der Waals surface area contributed by atoms with E-state index in [9.17, 15) is 13.2 Å². The van der Waals surface area contributed by atoms with Crippen LogP contribution in [0, 0.1) is 5.92 Å². The van der Waals surface area contributed by atoms with E-state index in [1.165, 1.54) is 12.1 Å². The van der Waals surface area contributed by atoms with Crippen molar-refractivity contribution in [2.24, 2.45) is 11.7 Å². The molecule has 0 unspecified atom stereocenters. The van der Waals surface area contributed by atoms with Gasteiger partial charge in [-0.05, 0) is 51.3 Å². The van der Waals surface area contributed by atoms with Crippen LogP contribution in [-0.4, -0.2) is 25.9 Å². The lowest BCUT2D eigenvalue weighted by Crippen LogP contribution is -2.40. The van der Waals surface area contributed by atoms with Gasteiger partial charge in [-0.1, -0.05) is 19.9 Å². The standard InChI is InChI=1S/C16H27N3O3S/c1-11(2)9-14(17)15(20)18-12-7-6-8-13(10-12)23(21,22)19-16(3,4)5/h6-8,10-11,14,19H,9,17H2,1-5H3,(H,18,20)/t14-/m0/s1. The van der Waals surface area contributed by atoms with Crippen LogP contribution >= 0.6 is 0 Å². The van der Waals surface area contributed by atoms with Gasteiger partial charge in [0.05, 0.1) is 10.9 Å². The SMILES string of the molecule is CC(C)C[C@H](N)C(=O)Nc1cccc(S(=O)(=O)NC(C)(C)C)c1. The van der Waals surface area contributed by atoms with E-state index in [4.69, 9.17) is 5.73 Å². The maximum atomic E-state index is 12.3. The maximum Gasteiger partial charge on any atom is 0.241 e. The van der Waals surface area contributed by atoms with Crippen molar-refractivity contribution in [3.8, 4) is 0 Å². The molecule has 0 saturated heterocycles. The van der Waals surface area contributed by atoms with Crippen molar-refractivity contribution in [3.05, 3.63) is 24.3 Å². The first-order chi connectivity index (χ1) is 10.4. The molecular weight excluding hydrogens is 314 g/mol. The van der Waals surface area contributed by atoms with Gasteiger partial charge < -0.3 is 11.1 Å². The Balaban J connectivity index is 2.91. The van der Waals surface area contributed by atoms with Crippen LogP contribution in [0.15, 0.2) is 29.2 Å². The normalized spacial score (nSPS) is 13.9. The molecule has 0 radical (unpaired) electrons. The molecule has 1 rings (SSSR count). The molecule has 1 aromatic carbocycles. The number of amides is 1. The van der Waals surface area contributed by atoms with E-state index in [2.05, 4.69) is 10.0 Å². The van der Waals surface area contributed by atoms with E-state index < -0.39 is 21.6 Å². The molecule has 1 atom stereocenters. The summed E-state index contributed by atoms with van der Waals surface area (Å²) in [6.45, 7) is 9.26. The molecular formula is C16H27N3O3S. The number of carbonyl (C=O) groups is 1. The zero-order valence-electron chi connectivity index (χ0n) is 14.4. The molecule has 0 spiro atoms. The Morgan fingerprint density at radius 3 is 2.39 bits per heavy atom. The molecule has 23 heavy (non-hydrogen) atoms. The second-order valence-electron chi connectivity index (χ2n) is 7.11. The molecule has 0 fully saturated rings. The summed E-state index contributed by atoms with van der Waals surface area (Å²) in [5.74, 6) is -0.0181. The predicted octanol–water partition coefficient (Wildman–Crippen LogP) is 2.08. The molecule has 4 N–H and O–H groups in total. The number of anilines is 1. The summed E-state index contributed by atoms with van der Waals surface area (Å²) in [4.78, 5) is 12.1. The summed E-state index contributed by atoms with van der Waals surface area (Å²) in [5.41, 5.74) is 5.65. The molecule has 6 nitrogen and oxygen atoms in total. The Bertz CT molecular complexity index is 649. The second kappa shape index (κ2) is 7.42. The fourth-order valence-corrected chi connectivity index (χ4v) is 3.52. The summed E-state index contributed by atoms with van der Waals surface area (Å²) in [6, 6.07) is 5.51. The molecule has 0 heterocycles. The third-order valence-corrected chi connectivity index (χ3v) is 4.67. The quantitative estimate of drug-likeness (QED) is 0.737. The van der Waals surface area contributed by atoms with Crippen LogP contribution in [0.2, 0.25) is 0 Å². The third kappa shape index (κ3) is 6.68. The van der Waals surface area contributed by atoms with Crippen LogP contribution in [0.4, 0.5) is 5.69 Å². The first kappa shape index (κ1) is 19.6. The minimum absolute atomic E-state index is 0.0997. The minimum Gasteiger partial charge on any atom is -0.325 e. The summed E-state index contributed by atoms with van der Waals surface area (Å²) < 4.78 is 27.2. The summed E-state index contributed by atoms with van der Waals surface area (Å²) >= 11 is 0. The molecule has 1 amide bonds. The molecule has 0 aliphatic heterocycles. The van der Waals surface area contributed by atoms with E-state index in [0.717, 1.165) is 0 Å². The highest BCUT2D eigenvalue weighted by Gasteiger charge is 2.22. The summed E-state index contributed by atoms with van der Waals surface area (Å²) in [6.07, 6.45) is 0.565. The summed E-state index contributed by atoms with van der Waals surface area (Å²) in [7, 11) is -3.65. The van der Waals surface area contributed by atoms with Gasteiger partial charge in [-0.25, -0.2) is 13.1 Å². The van der Waals surface area contributed by atoms with Crippen molar-refractivity contribution in [3.63, 3.8) is 0 Å². The van der Waals surface area contributed by atoms with Crippen LogP contribution in [0.3, 0.4) is 0 Å². The number of nitrogens with two attached hydrogens (primary N) is 1. The molecule has 0 saturated carbocycles. The van der Waals surface area contributed by atoms with Crippen molar-refractivity contribution < 1.29 is 13.2 Å². The van der Waals surface area contributed by atoms with Crippen LogP contribution in [0.25, 0.3) is 0 Å². The van der Waals surface area contributed by atoms with E-state index in [1.807, 2.05) is 13.8 Å². The average molecular weight is 341 g/mol. The smallest absolute Gasteiger partial charge is 0.241 e. The number of hydrogen-bond acceptors (Lipinski definition) is 4. The van der Waals surface area contributed by atoms with E-state index in [0.29, 0.717) is 18.0 Å². The lowest BCUT2D eigenvalue weighted by Gasteiger charge is -2.20. The Labute approximate surface area is 138 Å². The third-order valence-electron chi connectivity index (χ3n) is 2.91. The van der Waals surface area contributed by atoms with Crippen molar-refractivity contribution in [2.75, 3.05) is 5.32 Å². The second-order valence-corrected chi connectivity index (χ2v) is 8.79. The number of carbonyl (C=O) groups excluding carboxylic acids is 1. The van der Waals surface area contributed by atoms with Crippen LogP contribution in [-0.2, 0) is 14.8 Å². The first-order valence-electron chi connectivity index (χ1n) is 7.61. The van der Waals surface area contributed by atoms with Crippen molar-refractivity contribution >= 4 is 21.6 Å². The topological polar surface area (TPSA) is 101 Å². The highest BCUT2D eigenvalue weighted by Crippen LogP contribution is 2.18. The van der Waals surface area contributed by atoms with Gasteiger partial charge in [0, 0.05) is 11.2 Å². The van der Waals surface area contributed by atoms with Gasteiger partial charge in [-0.15, -0.1) is 0 Å². The number of nitrogens with one attached hydrogen (secondary N) is 2. The van der Waals surface area contributed by atoms with Crippen LogP contribution in [0.1, 0.15) is 41.0 Å². The highest BCUT2D eigenvalue weighted by atomic mass is 32.2. The largest absolute Gasteiger partial charge is 0.325 e. The predicted molar refractivity (Wildman–Crippen MR) is 92.6 cm³/mol. The summed E-state index contributed by atoms with van der Waals surface area (Å²) in [5, 5.41) is 2.67. The van der Waals surface area contributed by atoms with Gasteiger partial charge in [-0.2, -0.15) is 0 Å². The molecule has 0 bridgehead atoms. The van der Waals surface area contributed by atoms with Gasteiger partial charge in [0.2, 0.25) is 15.9 Å². The lowest BCUT2D eigenvalue weighted by molar-refractivity contribution is -0.117. The zero-order chi connectivity index (χ0) is 17.8. The molecule has 0 aromatic heterocycles. The van der Waals surface area contributed by atoms with E-state index in [1.54, 1.807) is 32.9 Å². The Kier molecular flexibility index (Phi) is 6.33. The Hall–Kier alpha value is -1.44. The molecule has 0 aliphatic carbocycles. The van der Waals surface area contributed by atoms with Gasteiger partial charge in [0.25, 0.3) is 0 Å². The molecule has 7 heteroatoms. The van der Waals surface area contributed by atoms with Crippen molar-refractivity contribution in [1.82, 2.24) is 4.72 Å². The highest BCUT2D eigenvalue weighted by molar-refractivity contribution is 7.89. The molecule has 130 valence electrons. The number of benzene rings is 1. The molecule has 0 aliphatic rings. The Morgan fingerprint density at radius 1 is 1.26 bits per heavy atom. The first-order valence-corrected chi connectivity index (χ1v) is 9.09. The monoisotopic (exact) mass is 341 g/mol. The van der Waals surface area contributed by atoms with Gasteiger partial charge in [-0.3, -0.25) is 4.79 Å². The molecule has 1 aromatic rings. The average Bonchev–Trinajstić information content (AvgIpc) is 2.35. The zero-order valence-corrected chi connectivity index (χ0v) is 15.2.